The van der Waals surface area contributed by atoms with Gasteiger partial charge < -0.3 is 4.52 Å². The maximum atomic E-state index is 12.3. The lowest BCUT2D eigenvalue weighted by atomic mass is 10.1. The molecule has 0 saturated heterocycles. The molecule has 0 aliphatic carbocycles. The first kappa shape index (κ1) is 13.8. The number of imide groups is 1. The molecule has 2 amide bonds. The fourth-order valence-electron chi connectivity index (χ4n) is 2.52. The molecule has 1 aliphatic rings. The van der Waals surface area contributed by atoms with Crippen LogP contribution in [0.2, 0.25) is 0 Å². The summed E-state index contributed by atoms with van der Waals surface area (Å²) in [6.07, 6.45) is 0.336. The van der Waals surface area contributed by atoms with Crippen LogP contribution in [0.5, 0.6) is 0 Å². The van der Waals surface area contributed by atoms with Crippen LogP contribution in [0.15, 0.2) is 45.6 Å². The fourth-order valence-corrected chi connectivity index (χ4v) is 3.15. The molecule has 6 nitrogen and oxygen atoms in total. The van der Waals surface area contributed by atoms with Crippen molar-refractivity contribution in [3.63, 3.8) is 0 Å². The van der Waals surface area contributed by atoms with Crippen molar-refractivity contribution in [3.8, 4) is 11.4 Å². The van der Waals surface area contributed by atoms with Gasteiger partial charge in [-0.15, -0.1) is 0 Å². The molecule has 114 valence electrons. The Kier molecular flexibility index (Phi) is 3.27. The Morgan fingerprint density at radius 2 is 1.83 bits per heavy atom. The van der Waals surface area contributed by atoms with E-state index in [9.17, 15) is 9.59 Å². The summed E-state index contributed by atoms with van der Waals surface area (Å²) in [5.41, 5.74) is 1.79. The quantitative estimate of drug-likeness (QED) is 0.689. The zero-order valence-corrected chi connectivity index (χ0v) is 12.7. The average Bonchev–Trinajstić information content (AvgIpc) is 3.29. The van der Waals surface area contributed by atoms with Gasteiger partial charge in [-0.05, 0) is 23.6 Å². The molecule has 0 atom stereocenters. The smallest absolute Gasteiger partial charge is 0.261 e. The van der Waals surface area contributed by atoms with E-state index in [1.54, 1.807) is 35.6 Å². The minimum Gasteiger partial charge on any atom is -0.339 e. The number of nitrogens with zero attached hydrogens (tertiary/aromatic N) is 3. The fraction of sp³-hybridized carbons (Fsp3) is 0.125. The summed E-state index contributed by atoms with van der Waals surface area (Å²) in [6, 6.07) is 8.73. The van der Waals surface area contributed by atoms with Crippen LogP contribution in [0.3, 0.4) is 0 Å². The van der Waals surface area contributed by atoms with Gasteiger partial charge in [0.15, 0.2) is 0 Å². The number of rotatable bonds is 4. The minimum atomic E-state index is -0.275. The van der Waals surface area contributed by atoms with Crippen molar-refractivity contribution in [2.24, 2.45) is 0 Å². The van der Waals surface area contributed by atoms with E-state index in [-0.39, 0.29) is 18.4 Å². The molecule has 7 heteroatoms. The highest BCUT2D eigenvalue weighted by atomic mass is 32.1. The normalized spacial score (nSPS) is 13.7. The predicted molar refractivity (Wildman–Crippen MR) is 83.1 cm³/mol. The number of thiophene rings is 1. The van der Waals surface area contributed by atoms with Crippen LogP contribution in [0, 0.1) is 0 Å². The molecular formula is C16H11N3O3S. The van der Waals surface area contributed by atoms with Gasteiger partial charge >= 0.3 is 0 Å². The van der Waals surface area contributed by atoms with Crippen LogP contribution in [0.4, 0.5) is 0 Å². The van der Waals surface area contributed by atoms with Gasteiger partial charge in [0.25, 0.3) is 11.8 Å². The Labute approximate surface area is 135 Å². The molecule has 4 rings (SSSR count). The number of aromatic nitrogens is 2. The van der Waals surface area contributed by atoms with E-state index in [2.05, 4.69) is 10.1 Å². The second-order valence-electron chi connectivity index (χ2n) is 5.08. The minimum absolute atomic E-state index is 0.220. The van der Waals surface area contributed by atoms with E-state index in [1.165, 1.54) is 4.90 Å². The Hall–Kier alpha value is -2.80. The lowest BCUT2D eigenvalue weighted by Crippen LogP contribution is -2.31. The topological polar surface area (TPSA) is 76.3 Å². The van der Waals surface area contributed by atoms with E-state index in [1.807, 2.05) is 16.8 Å². The van der Waals surface area contributed by atoms with Gasteiger partial charge in [0, 0.05) is 23.9 Å². The van der Waals surface area contributed by atoms with Gasteiger partial charge in [0.2, 0.25) is 11.7 Å². The maximum absolute atomic E-state index is 12.3. The first-order valence-electron chi connectivity index (χ1n) is 7.04. The lowest BCUT2D eigenvalue weighted by Gasteiger charge is -2.11. The molecule has 3 heterocycles. The van der Waals surface area contributed by atoms with Gasteiger partial charge in [-0.1, -0.05) is 17.3 Å². The molecule has 23 heavy (non-hydrogen) atoms. The van der Waals surface area contributed by atoms with Crippen LogP contribution < -0.4 is 0 Å². The molecule has 1 aliphatic heterocycles. The van der Waals surface area contributed by atoms with Crippen molar-refractivity contribution in [3.05, 3.63) is 58.1 Å². The highest BCUT2D eigenvalue weighted by molar-refractivity contribution is 7.08. The number of carbonyl (C=O) groups excluding carboxylic acids is 2. The van der Waals surface area contributed by atoms with E-state index in [4.69, 9.17) is 4.52 Å². The number of hydrogen-bond acceptors (Lipinski definition) is 6. The zero-order valence-electron chi connectivity index (χ0n) is 11.9. The van der Waals surface area contributed by atoms with Crippen molar-refractivity contribution in [1.29, 1.82) is 0 Å². The standard InChI is InChI=1S/C16H11N3O3S/c20-15-11-3-1-2-4-12(11)16(21)19(15)7-5-13-17-14(18-22-13)10-6-8-23-9-10/h1-4,6,8-9H,5,7H2. The van der Waals surface area contributed by atoms with Crippen LogP contribution in [0.25, 0.3) is 11.4 Å². The second-order valence-corrected chi connectivity index (χ2v) is 5.86. The number of carbonyl (C=O) groups is 2. The number of hydrogen-bond donors (Lipinski definition) is 0. The number of fused-ring (bicyclic) bond motifs is 1. The largest absolute Gasteiger partial charge is 0.339 e. The van der Waals surface area contributed by atoms with E-state index >= 15 is 0 Å². The molecule has 1 aromatic carbocycles. The molecule has 0 radical (unpaired) electrons. The second kappa shape index (κ2) is 5.44. The average molecular weight is 325 g/mol. The van der Waals surface area contributed by atoms with Crippen LogP contribution >= 0.6 is 11.3 Å². The molecular weight excluding hydrogens is 314 g/mol. The third-order valence-corrected chi connectivity index (χ3v) is 4.36. The molecule has 3 aromatic rings. The van der Waals surface area contributed by atoms with Gasteiger partial charge in [0.1, 0.15) is 0 Å². The first-order valence-corrected chi connectivity index (χ1v) is 7.99. The first-order chi connectivity index (χ1) is 11.2. The van der Waals surface area contributed by atoms with Crippen molar-refractivity contribution < 1.29 is 14.1 Å². The third-order valence-electron chi connectivity index (χ3n) is 3.67. The van der Waals surface area contributed by atoms with E-state index < -0.39 is 0 Å². The van der Waals surface area contributed by atoms with Gasteiger partial charge in [-0.3, -0.25) is 14.5 Å². The Morgan fingerprint density at radius 1 is 1.09 bits per heavy atom. The van der Waals surface area contributed by atoms with Crippen molar-refractivity contribution in [2.75, 3.05) is 6.54 Å². The monoisotopic (exact) mass is 325 g/mol. The Morgan fingerprint density at radius 3 is 2.48 bits per heavy atom. The van der Waals surface area contributed by atoms with Crippen LogP contribution in [-0.4, -0.2) is 33.4 Å². The molecule has 0 spiro atoms. The summed E-state index contributed by atoms with van der Waals surface area (Å²) in [5.74, 6) is 0.373. The lowest BCUT2D eigenvalue weighted by molar-refractivity contribution is 0.0653. The summed E-state index contributed by atoms with van der Waals surface area (Å²) in [6.45, 7) is 0.220. The highest BCUT2D eigenvalue weighted by Gasteiger charge is 2.34. The summed E-state index contributed by atoms with van der Waals surface area (Å²) in [7, 11) is 0. The summed E-state index contributed by atoms with van der Waals surface area (Å²) in [4.78, 5) is 30.0. The van der Waals surface area contributed by atoms with Gasteiger partial charge in [-0.2, -0.15) is 16.3 Å². The number of benzene rings is 1. The van der Waals surface area contributed by atoms with Crippen LogP contribution in [0.1, 0.15) is 26.6 Å². The Bertz CT molecular complexity index is 851. The zero-order chi connectivity index (χ0) is 15.8. The van der Waals surface area contributed by atoms with E-state index in [0.717, 1.165) is 5.56 Å². The van der Waals surface area contributed by atoms with Gasteiger partial charge in [0.05, 0.1) is 11.1 Å². The molecule has 0 saturated carbocycles. The third kappa shape index (κ3) is 2.35. The molecule has 0 N–H and O–H groups in total. The summed E-state index contributed by atoms with van der Waals surface area (Å²) < 4.78 is 5.19. The molecule has 0 unspecified atom stereocenters. The van der Waals surface area contributed by atoms with Gasteiger partial charge in [-0.25, -0.2) is 0 Å². The molecule has 0 fully saturated rings. The van der Waals surface area contributed by atoms with Crippen LogP contribution in [-0.2, 0) is 6.42 Å². The molecule has 0 bridgehead atoms. The highest BCUT2D eigenvalue weighted by Crippen LogP contribution is 2.23. The van der Waals surface area contributed by atoms with Crippen molar-refractivity contribution in [2.45, 2.75) is 6.42 Å². The van der Waals surface area contributed by atoms with Crippen molar-refractivity contribution in [1.82, 2.24) is 15.0 Å². The summed E-state index contributed by atoms with van der Waals surface area (Å²) in [5, 5.41) is 7.78. The molecule has 2 aromatic heterocycles. The van der Waals surface area contributed by atoms with Crippen molar-refractivity contribution >= 4 is 23.2 Å². The maximum Gasteiger partial charge on any atom is 0.261 e. The number of amides is 2. The van der Waals surface area contributed by atoms with E-state index in [0.29, 0.717) is 29.3 Å². The summed E-state index contributed by atoms with van der Waals surface area (Å²) >= 11 is 1.55. The predicted octanol–water partition coefficient (Wildman–Crippen LogP) is 2.64. The Balaban J connectivity index is 1.48. The SMILES string of the molecule is O=C1c2ccccc2C(=O)N1CCc1nc(-c2ccsc2)no1.